The molecular formula is C6H14N2O3S. The lowest BCUT2D eigenvalue weighted by Gasteiger charge is -2.33. The molecule has 72 valence electrons. The van der Waals surface area contributed by atoms with Gasteiger partial charge in [-0.15, -0.1) is 0 Å². The van der Waals surface area contributed by atoms with E-state index in [-0.39, 0.29) is 0 Å². The minimum Gasteiger partial charge on any atom is -0.381 e. The molecule has 0 spiro atoms. The molecule has 0 aromatic heterocycles. The van der Waals surface area contributed by atoms with Crippen LogP contribution in [-0.2, 0) is 14.9 Å². The minimum atomic E-state index is -3.59. The highest BCUT2D eigenvalue weighted by Gasteiger charge is 2.30. The van der Waals surface area contributed by atoms with Crippen LogP contribution < -0.4 is 9.86 Å². The van der Waals surface area contributed by atoms with Crippen molar-refractivity contribution in [1.82, 2.24) is 4.72 Å². The molecule has 12 heavy (non-hydrogen) atoms. The molecule has 5 nitrogen and oxygen atoms in total. The highest BCUT2D eigenvalue weighted by molar-refractivity contribution is 7.87. The van der Waals surface area contributed by atoms with Crippen molar-refractivity contribution in [3.05, 3.63) is 0 Å². The molecule has 1 heterocycles. The summed E-state index contributed by atoms with van der Waals surface area (Å²) in [5, 5.41) is 4.87. The van der Waals surface area contributed by atoms with E-state index in [2.05, 4.69) is 4.72 Å². The quantitative estimate of drug-likeness (QED) is 0.613. The number of nitrogens with one attached hydrogen (secondary N) is 1. The van der Waals surface area contributed by atoms with Crippen molar-refractivity contribution in [3.8, 4) is 0 Å². The van der Waals surface area contributed by atoms with Gasteiger partial charge >= 0.3 is 0 Å². The number of hydrogen-bond donors (Lipinski definition) is 2. The van der Waals surface area contributed by atoms with E-state index in [9.17, 15) is 8.42 Å². The van der Waals surface area contributed by atoms with E-state index in [1.807, 2.05) is 6.92 Å². The number of nitrogens with two attached hydrogens (primary N) is 1. The van der Waals surface area contributed by atoms with E-state index in [0.717, 1.165) is 0 Å². The second kappa shape index (κ2) is 3.29. The third kappa shape index (κ3) is 3.06. The van der Waals surface area contributed by atoms with Gasteiger partial charge in [0.15, 0.2) is 0 Å². The fourth-order valence-corrected chi connectivity index (χ4v) is 2.16. The van der Waals surface area contributed by atoms with Gasteiger partial charge in [0.2, 0.25) is 0 Å². The molecule has 0 atom stereocenters. The average molecular weight is 194 g/mol. The third-order valence-corrected chi connectivity index (χ3v) is 2.76. The van der Waals surface area contributed by atoms with Crippen molar-refractivity contribution in [3.63, 3.8) is 0 Å². The van der Waals surface area contributed by atoms with Crippen molar-refractivity contribution in [2.45, 2.75) is 25.3 Å². The monoisotopic (exact) mass is 194 g/mol. The van der Waals surface area contributed by atoms with E-state index in [1.165, 1.54) is 0 Å². The van der Waals surface area contributed by atoms with Crippen LogP contribution in [0, 0.1) is 0 Å². The Kier molecular flexibility index (Phi) is 2.72. The predicted octanol–water partition coefficient (Wildman–Crippen LogP) is -0.651. The summed E-state index contributed by atoms with van der Waals surface area (Å²) in [6.07, 6.45) is 1.34. The zero-order valence-electron chi connectivity index (χ0n) is 7.04. The summed E-state index contributed by atoms with van der Waals surface area (Å²) >= 11 is 0. The molecule has 3 N–H and O–H groups in total. The Labute approximate surface area is 72.5 Å². The Balaban J connectivity index is 2.59. The Morgan fingerprint density at radius 3 is 2.33 bits per heavy atom. The minimum absolute atomic E-state index is 0.425. The van der Waals surface area contributed by atoms with Crippen molar-refractivity contribution < 1.29 is 13.2 Å². The smallest absolute Gasteiger partial charge is 0.274 e. The number of hydrogen-bond acceptors (Lipinski definition) is 3. The normalized spacial score (nSPS) is 23.8. The standard InChI is InChI=1S/C6H14N2O3S/c1-6(8-12(7,9)10)2-4-11-5-3-6/h8H,2-5H2,1H3,(H2,7,9,10). The Morgan fingerprint density at radius 1 is 1.42 bits per heavy atom. The zero-order chi connectivity index (χ0) is 9.24. The van der Waals surface area contributed by atoms with Crippen LogP contribution in [0.3, 0.4) is 0 Å². The molecule has 1 saturated heterocycles. The van der Waals surface area contributed by atoms with Gasteiger partial charge in [-0.1, -0.05) is 0 Å². The van der Waals surface area contributed by atoms with E-state index in [1.54, 1.807) is 0 Å². The number of rotatable bonds is 2. The molecule has 0 radical (unpaired) electrons. The Hall–Kier alpha value is -0.170. The second-order valence-corrected chi connectivity index (χ2v) is 4.61. The molecule has 0 aliphatic carbocycles. The van der Waals surface area contributed by atoms with E-state index < -0.39 is 15.7 Å². The maximum atomic E-state index is 10.7. The molecule has 0 amide bonds. The van der Waals surface area contributed by atoms with Crippen molar-refractivity contribution in [2.75, 3.05) is 13.2 Å². The molecule has 0 bridgehead atoms. The van der Waals surface area contributed by atoms with Crippen molar-refractivity contribution in [1.29, 1.82) is 0 Å². The summed E-state index contributed by atoms with van der Waals surface area (Å²) in [6.45, 7) is 3.00. The first kappa shape index (κ1) is 9.91. The van der Waals surface area contributed by atoms with Crippen LogP contribution in [0.1, 0.15) is 19.8 Å². The lowest BCUT2D eigenvalue weighted by atomic mass is 9.94. The van der Waals surface area contributed by atoms with Crippen LogP contribution in [0.4, 0.5) is 0 Å². The molecule has 1 aliphatic rings. The Morgan fingerprint density at radius 2 is 1.92 bits per heavy atom. The van der Waals surface area contributed by atoms with Gasteiger partial charge in [-0.3, -0.25) is 0 Å². The molecule has 0 saturated carbocycles. The molecule has 6 heteroatoms. The molecular weight excluding hydrogens is 180 g/mol. The first-order valence-corrected chi connectivity index (χ1v) is 5.35. The summed E-state index contributed by atoms with van der Waals surface area (Å²) in [5.41, 5.74) is -0.425. The molecule has 1 aliphatic heterocycles. The van der Waals surface area contributed by atoms with E-state index >= 15 is 0 Å². The van der Waals surface area contributed by atoms with Gasteiger partial charge in [-0.05, 0) is 19.8 Å². The molecule has 1 rings (SSSR count). The summed E-state index contributed by atoms with van der Waals surface area (Å²) in [5.74, 6) is 0. The third-order valence-electron chi connectivity index (χ3n) is 1.99. The maximum Gasteiger partial charge on any atom is 0.274 e. The SMILES string of the molecule is CC1(NS(N)(=O)=O)CCOCC1. The predicted molar refractivity (Wildman–Crippen MR) is 44.7 cm³/mol. The van der Waals surface area contributed by atoms with Crippen molar-refractivity contribution >= 4 is 10.2 Å². The Bertz CT molecular complexity index is 244. The summed E-state index contributed by atoms with van der Waals surface area (Å²) in [7, 11) is -3.59. The largest absolute Gasteiger partial charge is 0.381 e. The highest BCUT2D eigenvalue weighted by atomic mass is 32.2. The highest BCUT2D eigenvalue weighted by Crippen LogP contribution is 2.19. The van der Waals surface area contributed by atoms with Crippen LogP contribution in [-0.4, -0.2) is 27.2 Å². The lowest BCUT2D eigenvalue weighted by Crippen LogP contribution is -2.51. The average Bonchev–Trinajstić information content (AvgIpc) is 1.83. The first-order valence-electron chi connectivity index (χ1n) is 3.81. The summed E-state index contributed by atoms with van der Waals surface area (Å²) in [4.78, 5) is 0. The van der Waals surface area contributed by atoms with Gasteiger partial charge in [0, 0.05) is 18.8 Å². The second-order valence-electron chi connectivity index (χ2n) is 3.32. The van der Waals surface area contributed by atoms with Gasteiger partial charge in [-0.2, -0.15) is 13.1 Å². The lowest BCUT2D eigenvalue weighted by molar-refractivity contribution is 0.0537. The number of ether oxygens (including phenoxy) is 1. The van der Waals surface area contributed by atoms with Gasteiger partial charge in [-0.25, -0.2) is 5.14 Å². The molecule has 0 aromatic rings. The summed E-state index contributed by atoms with van der Waals surface area (Å²) in [6, 6.07) is 0. The molecule has 0 unspecified atom stereocenters. The van der Waals surface area contributed by atoms with Crippen molar-refractivity contribution in [2.24, 2.45) is 5.14 Å². The summed E-state index contributed by atoms with van der Waals surface area (Å²) < 4.78 is 29.0. The van der Waals surface area contributed by atoms with E-state index in [0.29, 0.717) is 26.1 Å². The fourth-order valence-electron chi connectivity index (χ4n) is 1.27. The molecule has 0 aromatic carbocycles. The van der Waals surface area contributed by atoms with Crippen LogP contribution in [0.15, 0.2) is 0 Å². The van der Waals surface area contributed by atoms with Crippen LogP contribution in [0.25, 0.3) is 0 Å². The van der Waals surface area contributed by atoms with Gasteiger partial charge in [0.1, 0.15) is 0 Å². The topological polar surface area (TPSA) is 81.4 Å². The van der Waals surface area contributed by atoms with Crippen LogP contribution in [0.2, 0.25) is 0 Å². The van der Waals surface area contributed by atoms with Crippen LogP contribution in [0.5, 0.6) is 0 Å². The van der Waals surface area contributed by atoms with Gasteiger partial charge in [0.25, 0.3) is 10.2 Å². The zero-order valence-corrected chi connectivity index (χ0v) is 7.86. The van der Waals surface area contributed by atoms with Gasteiger partial charge < -0.3 is 4.74 Å². The first-order chi connectivity index (χ1) is 5.41. The fraction of sp³-hybridized carbons (Fsp3) is 1.00. The maximum absolute atomic E-state index is 10.7. The van der Waals surface area contributed by atoms with Crippen LogP contribution >= 0.6 is 0 Å². The molecule has 1 fully saturated rings. The van der Waals surface area contributed by atoms with E-state index in [4.69, 9.17) is 9.88 Å². The van der Waals surface area contributed by atoms with Gasteiger partial charge in [0.05, 0.1) is 0 Å².